The Labute approximate surface area is 106 Å². The third kappa shape index (κ3) is 3.43. The molecule has 1 aromatic carbocycles. The Morgan fingerprint density at radius 1 is 1.33 bits per heavy atom. The Morgan fingerprint density at radius 3 is 2.83 bits per heavy atom. The molecule has 0 unspecified atom stereocenters. The Kier molecular flexibility index (Phi) is 4.09. The number of nitrogens with one attached hydrogen (secondary N) is 2. The van der Waals surface area contributed by atoms with Crippen LogP contribution in [0.5, 0.6) is 0 Å². The molecule has 94 valence electrons. The molecule has 0 saturated carbocycles. The molecule has 2 aromatic rings. The van der Waals surface area contributed by atoms with Crippen molar-refractivity contribution >= 4 is 11.6 Å². The molecule has 0 radical (unpaired) electrons. The van der Waals surface area contributed by atoms with Crippen molar-refractivity contribution in [1.29, 1.82) is 0 Å². The molecule has 5 heteroatoms. The van der Waals surface area contributed by atoms with E-state index in [0.717, 1.165) is 11.4 Å². The molecule has 0 spiro atoms. The summed E-state index contributed by atoms with van der Waals surface area (Å²) >= 11 is 0. The van der Waals surface area contributed by atoms with Crippen molar-refractivity contribution < 1.29 is 4.79 Å². The van der Waals surface area contributed by atoms with Crippen molar-refractivity contribution in [1.82, 2.24) is 14.9 Å². The fourth-order valence-electron chi connectivity index (χ4n) is 1.65. The zero-order chi connectivity index (χ0) is 12.8. The number of nitrogens with zero attached hydrogens (tertiary/aromatic N) is 2. The molecule has 1 amide bonds. The first-order valence-electron chi connectivity index (χ1n) is 5.78. The topological polar surface area (TPSA) is 59.0 Å². The summed E-state index contributed by atoms with van der Waals surface area (Å²) in [5, 5.41) is 5.84. The maximum Gasteiger partial charge on any atom is 0.244 e. The average Bonchev–Trinajstić information content (AvgIpc) is 2.78. The fourth-order valence-corrected chi connectivity index (χ4v) is 1.65. The van der Waals surface area contributed by atoms with Crippen LogP contribution in [0.3, 0.4) is 0 Å². The normalized spacial score (nSPS) is 10.3. The van der Waals surface area contributed by atoms with Crippen molar-refractivity contribution in [2.45, 2.75) is 13.1 Å². The van der Waals surface area contributed by atoms with Gasteiger partial charge in [0.25, 0.3) is 0 Å². The Balaban J connectivity index is 1.90. The third-order valence-corrected chi connectivity index (χ3v) is 2.43. The van der Waals surface area contributed by atoms with Crippen LogP contribution in [-0.2, 0) is 17.9 Å². The fraction of sp³-hybridized carbons (Fsp3) is 0.231. The number of aromatic nitrogens is 2. The number of hydrogen-bond donors (Lipinski definition) is 2. The SMILES string of the molecule is CNCc1cn(CC(=O)Nc2ccccc2)cn1. The molecule has 0 saturated heterocycles. The van der Waals surface area contributed by atoms with Gasteiger partial charge < -0.3 is 15.2 Å². The van der Waals surface area contributed by atoms with Gasteiger partial charge in [-0.05, 0) is 19.2 Å². The highest BCUT2D eigenvalue weighted by atomic mass is 16.1. The number of benzene rings is 1. The minimum atomic E-state index is -0.0605. The number of carbonyl (C=O) groups is 1. The van der Waals surface area contributed by atoms with Crippen molar-refractivity contribution in [2.24, 2.45) is 0 Å². The molecule has 1 aromatic heterocycles. The van der Waals surface area contributed by atoms with E-state index in [1.165, 1.54) is 0 Å². The minimum Gasteiger partial charge on any atom is -0.328 e. The molecule has 1 heterocycles. The van der Waals surface area contributed by atoms with E-state index >= 15 is 0 Å². The summed E-state index contributed by atoms with van der Waals surface area (Å²) in [5.41, 5.74) is 1.73. The van der Waals surface area contributed by atoms with E-state index in [0.29, 0.717) is 6.54 Å². The minimum absolute atomic E-state index is 0.0605. The molecule has 2 N–H and O–H groups in total. The largest absolute Gasteiger partial charge is 0.328 e. The summed E-state index contributed by atoms with van der Waals surface area (Å²) in [7, 11) is 1.86. The standard InChI is InChI=1S/C13H16N4O/c1-14-7-12-8-17(10-15-12)9-13(18)16-11-5-3-2-4-6-11/h2-6,8,10,14H,7,9H2,1H3,(H,16,18). The first-order valence-corrected chi connectivity index (χ1v) is 5.78. The van der Waals surface area contributed by atoms with Gasteiger partial charge in [-0.25, -0.2) is 4.98 Å². The number of imidazole rings is 1. The number of para-hydroxylation sites is 1. The van der Waals surface area contributed by atoms with Gasteiger partial charge in [-0.15, -0.1) is 0 Å². The first kappa shape index (κ1) is 12.3. The van der Waals surface area contributed by atoms with E-state index in [2.05, 4.69) is 15.6 Å². The predicted octanol–water partition coefficient (Wildman–Crippen LogP) is 1.24. The molecule has 0 fully saturated rings. The number of hydrogen-bond acceptors (Lipinski definition) is 3. The summed E-state index contributed by atoms with van der Waals surface area (Å²) in [6.07, 6.45) is 3.53. The number of amides is 1. The number of carbonyl (C=O) groups excluding carboxylic acids is 1. The quantitative estimate of drug-likeness (QED) is 0.832. The van der Waals surface area contributed by atoms with Crippen LogP contribution in [0.4, 0.5) is 5.69 Å². The Morgan fingerprint density at radius 2 is 2.11 bits per heavy atom. The van der Waals surface area contributed by atoms with Crippen LogP contribution in [0, 0.1) is 0 Å². The van der Waals surface area contributed by atoms with Crippen LogP contribution in [0.1, 0.15) is 5.69 Å². The maximum absolute atomic E-state index is 11.8. The third-order valence-electron chi connectivity index (χ3n) is 2.43. The van der Waals surface area contributed by atoms with Gasteiger partial charge in [0.05, 0.1) is 12.0 Å². The highest BCUT2D eigenvalue weighted by molar-refractivity contribution is 5.90. The lowest BCUT2D eigenvalue weighted by Gasteiger charge is -2.05. The van der Waals surface area contributed by atoms with Gasteiger partial charge in [0.2, 0.25) is 5.91 Å². The Hall–Kier alpha value is -2.14. The van der Waals surface area contributed by atoms with Crippen LogP contribution in [0.25, 0.3) is 0 Å². The molecule has 2 rings (SSSR count). The summed E-state index contributed by atoms with van der Waals surface area (Å²) in [4.78, 5) is 16.0. The van der Waals surface area contributed by atoms with Crippen molar-refractivity contribution in [3.63, 3.8) is 0 Å². The van der Waals surface area contributed by atoms with Crippen LogP contribution >= 0.6 is 0 Å². The van der Waals surface area contributed by atoms with Gasteiger partial charge in [0, 0.05) is 18.4 Å². The Bertz CT molecular complexity index is 507. The lowest BCUT2D eigenvalue weighted by atomic mass is 10.3. The van der Waals surface area contributed by atoms with Crippen LogP contribution in [0.2, 0.25) is 0 Å². The second-order valence-electron chi connectivity index (χ2n) is 3.98. The van der Waals surface area contributed by atoms with Crippen LogP contribution < -0.4 is 10.6 Å². The molecule has 0 aliphatic heterocycles. The maximum atomic E-state index is 11.8. The first-order chi connectivity index (χ1) is 8.78. The summed E-state index contributed by atoms with van der Waals surface area (Å²) < 4.78 is 1.77. The second kappa shape index (κ2) is 5.97. The van der Waals surface area contributed by atoms with E-state index in [4.69, 9.17) is 0 Å². The molecule has 0 atom stereocenters. The van der Waals surface area contributed by atoms with E-state index in [9.17, 15) is 4.79 Å². The summed E-state index contributed by atoms with van der Waals surface area (Å²) in [6, 6.07) is 9.40. The van der Waals surface area contributed by atoms with Gasteiger partial charge in [0.1, 0.15) is 6.54 Å². The predicted molar refractivity (Wildman–Crippen MR) is 70.1 cm³/mol. The van der Waals surface area contributed by atoms with Gasteiger partial charge in [-0.3, -0.25) is 4.79 Å². The smallest absolute Gasteiger partial charge is 0.244 e. The van der Waals surface area contributed by atoms with Gasteiger partial charge >= 0.3 is 0 Å². The van der Waals surface area contributed by atoms with Crippen LogP contribution in [-0.4, -0.2) is 22.5 Å². The lowest BCUT2D eigenvalue weighted by molar-refractivity contribution is -0.116. The van der Waals surface area contributed by atoms with Crippen molar-refractivity contribution in [3.05, 3.63) is 48.5 Å². The molecule has 0 aliphatic carbocycles. The van der Waals surface area contributed by atoms with Crippen LogP contribution in [0.15, 0.2) is 42.9 Å². The number of rotatable bonds is 5. The second-order valence-corrected chi connectivity index (χ2v) is 3.98. The molecule has 18 heavy (non-hydrogen) atoms. The number of anilines is 1. The van der Waals surface area contributed by atoms with E-state index in [1.54, 1.807) is 10.9 Å². The molecule has 0 bridgehead atoms. The average molecular weight is 244 g/mol. The summed E-state index contributed by atoms with van der Waals surface area (Å²) in [5.74, 6) is -0.0605. The highest BCUT2D eigenvalue weighted by Gasteiger charge is 2.04. The summed E-state index contributed by atoms with van der Waals surface area (Å²) in [6.45, 7) is 0.971. The highest BCUT2D eigenvalue weighted by Crippen LogP contribution is 2.05. The van der Waals surface area contributed by atoms with Gasteiger partial charge in [0.15, 0.2) is 0 Å². The van der Waals surface area contributed by atoms with Gasteiger partial charge in [-0.2, -0.15) is 0 Å². The molecular formula is C13H16N4O. The van der Waals surface area contributed by atoms with E-state index < -0.39 is 0 Å². The van der Waals surface area contributed by atoms with Crippen molar-refractivity contribution in [3.8, 4) is 0 Å². The molecule has 0 aliphatic rings. The van der Waals surface area contributed by atoms with E-state index in [1.807, 2.05) is 43.6 Å². The van der Waals surface area contributed by atoms with E-state index in [-0.39, 0.29) is 12.5 Å². The monoisotopic (exact) mass is 244 g/mol. The zero-order valence-electron chi connectivity index (χ0n) is 10.3. The lowest BCUT2D eigenvalue weighted by Crippen LogP contribution is -2.17. The zero-order valence-corrected chi connectivity index (χ0v) is 10.3. The molecular weight excluding hydrogens is 228 g/mol. The van der Waals surface area contributed by atoms with Gasteiger partial charge in [-0.1, -0.05) is 18.2 Å². The molecule has 5 nitrogen and oxygen atoms in total. The van der Waals surface area contributed by atoms with Crippen molar-refractivity contribution in [2.75, 3.05) is 12.4 Å².